The maximum Gasteiger partial charge on any atom is 0.255 e. The van der Waals surface area contributed by atoms with E-state index in [1.165, 1.54) is 6.20 Å². The van der Waals surface area contributed by atoms with Gasteiger partial charge in [-0.1, -0.05) is 17.7 Å². The van der Waals surface area contributed by atoms with E-state index < -0.39 is 0 Å². The number of carbonyl (C=O) groups is 2. The normalized spacial score (nSPS) is 10.4. The fourth-order valence-electron chi connectivity index (χ4n) is 3.05. The average Bonchev–Trinajstić information content (AvgIpc) is 2.86. The first-order valence-corrected chi connectivity index (χ1v) is 10.3. The van der Waals surface area contributed by atoms with Crippen molar-refractivity contribution in [2.75, 3.05) is 16.1 Å². The van der Waals surface area contributed by atoms with E-state index in [0.717, 1.165) is 0 Å². The molecule has 2 amide bonds. The lowest BCUT2D eigenvalue weighted by Gasteiger charge is -2.10. The number of halogens is 1. The van der Waals surface area contributed by atoms with Gasteiger partial charge in [-0.25, -0.2) is 10.8 Å². The fraction of sp³-hybridized carbons (Fsp3) is 0. The van der Waals surface area contributed by atoms with Gasteiger partial charge in [0, 0.05) is 28.6 Å². The number of nitrogen functional groups attached to an aromatic ring is 1. The number of anilines is 3. The van der Waals surface area contributed by atoms with Crippen LogP contribution in [0.4, 0.5) is 17.2 Å². The number of hydrazine groups is 1. The molecule has 8 nitrogen and oxygen atoms in total. The van der Waals surface area contributed by atoms with Crippen molar-refractivity contribution in [3.05, 3.63) is 101 Å². The summed E-state index contributed by atoms with van der Waals surface area (Å²) in [5.74, 6) is 5.12. The van der Waals surface area contributed by atoms with E-state index in [0.29, 0.717) is 44.6 Å². The molecule has 4 rings (SSSR count). The number of hydrogen-bond donors (Lipinski definition) is 4. The summed E-state index contributed by atoms with van der Waals surface area (Å²) >= 11 is 6.30. The number of carbonyl (C=O) groups excluding carboxylic acids is 2. The highest BCUT2D eigenvalue weighted by Crippen LogP contribution is 2.29. The molecule has 0 aliphatic heterocycles. The van der Waals surface area contributed by atoms with E-state index in [-0.39, 0.29) is 11.8 Å². The molecule has 9 heteroatoms. The van der Waals surface area contributed by atoms with E-state index in [2.05, 4.69) is 26.0 Å². The van der Waals surface area contributed by atoms with Crippen molar-refractivity contribution in [2.24, 2.45) is 5.84 Å². The molecule has 164 valence electrons. The van der Waals surface area contributed by atoms with Crippen molar-refractivity contribution in [2.45, 2.75) is 0 Å². The van der Waals surface area contributed by atoms with E-state index in [1.807, 2.05) is 18.2 Å². The number of aromatic nitrogens is 2. The van der Waals surface area contributed by atoms with Crippen molar-refractivity contribution in [3.63, 3.8) is 0 Å². The van der Waals surface area contributed by atoms with Gasteiger partial charge in [-0.05, 0) is 66.7 Å². The van der Waals surface area contributed by atoms with Crippen LogP contribution in [0.5, 0.6) is 0 Å². The highest BCUT2D eigenvalue weighted by atomic mass is 35.5. The number of amides is 2. The molecule has 0 aliphatic rings. The molecule has 0 radical (unpaired) electrons. The molecule has 5 N–H and O–H groups in total. The Morgan fingerprint density at radius 2 is 1.45 bits per heavy atom. The van der Waals surface area contributed by atoms with E-state index in [1.54, 1.807) is 60.8 Å². The van der Waals surface area contributed by atoms with Crippen molar-refractivity contribution in [1.82, 2.24) is 9.97 Å². The molecular weight excluding hydrogens is 440 g/mol. The van der Waals surface area contributed by atoms with Crippen LogP contribution in [0.3, 0.4) is 0 Å². The minimum absolute atomic E-state index is 0.315. The lowest BCUT2D eigenvalue weighted by Crippen LogP contribution is -2.15. The summed E-state index contributed by atoms with van der Waals surface area (Å²) in [6, 6.07) is 20.4. The standard InChI is InChI=1S/C24H19ClN6O2/c25-20-10-8-17(13-19(20)21-3-1-2-12-27-21)29-23(32)15-4-6-16(7-5-15)24(33)30-18-9-11-22(31-26)28-14-18/h1-14H,26H2,(H,28,31)(H,29,32)(H,30,33). The van der Waals surface area contributed by atoms with Crippen LogP contribution in [0, 0.1) is 0 Å². The van der Waals surface area contributed by atoms with Crippen molar-refractivity contribution >= 4 is 40.6 Å². The van der Waals surface area contributed by atoms with Gasteiger partial charge in [0.15, 0.2) is 0 Å². The Kier molecular flexibility index (Phi) is 6.58. The zero-order chi connectivity index (χ0) is 23.2. The van der Waals surface area contributed by atoms with Gasteiger partial charge in [-0.2, -0.15) is 0 Å². The molecule has 0 saturated heterocycles. The SMILES string of the molecule is NNc1ccc(NC(=O)c2ccc(C(=O)Nc3ccc(Cl)c(-c4ccccn4)c3)cc2)cn1. The van der Waals surface area contributed by atoms with Gasteiger partial charge in [0.25, 0.3) is 11.8 Å². The Morgan fingerprint density at radius 3 is 2.03 bits per heavy atom. The van der Waals surface area contributed by atoms with Gasteiger partial charge < -0.3 is 16.1 Å². The highest BCUT2D eigenvalue weighted by Gasteiger charge is 2.12. The molecule has 0 saturated carbocycles. The maximum absolute atomic E-state index is 12.7. The van der Waals surface area contributed by atoms with Crippen molar-refractivity contribution in [1.29, 1.82) is 0 Å². The zero-order valence-electron chi connectivity index (χ0n) is 17.2. The zero-order valence-corrected chi connectivity index (χ0v) is 18.0. The Hall–Kier alpha value is -4.27. The summed E-state index contributed by atoms with van der Waals surface area (Å²) in [6.45, 7) is 0. The second kappa shape index (κ2) is 9.90. The molecular formula is C24H19ClN6O2. The van der Waals surface area contributed by atoms with Gasteiger partial charge in [0.1, 0.15) is 5.82 Å². The maximum atomic E-state index is 12.7. The molecule has 0 fully saturated rings. The summed E-state index contributed by atoms with van der Waals surface area (Å²) < 4.78 is 0. The first kappa shape index (κ1) is 21.9. The summed E-state index contributed by atoms with van der Waals surface area (Å²) in [5.41, 5.74) is 5.74. The molecule has 0 aliphatic carbocycles. The lowest BCUT2D eigenvalue weighted by molar-refractivity contribution is 0.101. The molecule has 33 heavy (non-hydrogen) atoms. The second-order valence-electron chi connectivity index (χ2n) is 6.97. The summed E-state index contributed by atoms with van der Waals surface area (Å²) in [4.78, 5) is 33.5. The lowest BCUT2D eigenvalue weighted by atomic mass is 10.1. The third-order valence-electron chi connectivity index (χ3n) is 4.74. The Balaban J connectivity index is 1.43. The highest BCUT2D eigenvalue weighted by molar-refractivity contribution is 6.33. The largest absolute Gasteiger partial charge is 0.322 e. The first-order valence-electron chi connectivity index (χ1n) is 9.90. The van der Waals surface area contributed by atoms with Crippen LogP contribution < -0.4 is 21.9 Å². The first-order chi connectivity index (χ1) is 16.0. The number of hydrogen-bond acceptors (Lipinski definition) is 6. The Morgan fingerprint density at radius 1 is 0.788 bits per heavy atom. The Bertz CT molecular complexity index is 1280. The summed E-state index contributed by atoms with van der Waals surface area (Å²) in [5, 5.41) is 6.11. The van der Waals surface area contributed by atoms with E-state index >= 15 is 0 Å². The van der Waals surface area contributed by atoms with Gasteiger partial charge >= 0.3 is 0 Å². The Labute approximate surface area is 194 Å². The summed E-state index contributed by atoms with van der Waals surface area (Å²) in [7, 11) is 0. The average molecular weight is 459 g/mol. The third kappa shape index (κ3) is 5.32. The monoisotopic (exact) mass is 458 g/mol. The molecule has 2 heterocycles. The van der Waals surface area contributed by atoms with Crippen LogP contribution in [-0.2, 0) is 0 Å². The summed E-state index contributed by atoms with van der Waals surface area (Å²) in [6.07, 6.45) is 3.16. The molecule has 2 aromatic heterocycles. The molecule has 0 unspecified atom stereocenters. The molecule has 2 aromatic carbocycles. The van der Waals surface area contributed by atoms with Gasteiger partial charge in [-0.15, -0.1) is 0 Å². The number of rotatable bonds is 6. The number of nitrogens with one attached hydrogen (secondary N) is 3. The van der Waals surface area contributed by atoms with Crippen LogP contribution in [0.15, 0.2) is 85.2 Å². The number of pyridine rings is 2. The minimum Gasteiger partial charge on any atom is -0.322 e. The fourth-order valence-corrected chi connectivity index (χ4v) is 3.27. The van der Waals surface area contributed by atoms with Crippen LogP contribution in [0.25, 0.3) is 11.3 Å². The third-order valence-corrected chi connectivity index (χ3v) is 5.07. The van der Waals surface area contributed by atoms with E-state index in [9.17, 15) is 9.59 Å². The van der Waals surface area contributed by atoms with Crippen LogP contribution in [-0.4, -0.2) is 21.8 Å². The number of nitrogens with zero attached hydrogens (tertiary/aromatic N) is 2. The predicted molar refractivity (Wildman–Crippen MR) is 129 cm³/mol. The smallest absolute Gasteiger partial charge is 0.255 e. The van der Waals surface area contributed by atoms with Crippen molar-refractivity contribution in [3.8, 4) is 11.3 Å². The second-order valence-corrected chi connectivity index (χ2v) is 7.38. The van der Waals surface area contributed by atoms with Crippen molar-refractivity contribution < 1.29 is 9.59 Å². The van der Waals surface area contributed by atoms with E-state index in [4.69, 9.17) is 17.4 Å². The topological polar surface area (TPSA) is 122 Å². The van der Waals surface area contributed by atoms with Crippen LogP contribution >= 0.6 is 11.6 Å². The minimum atomic E-state index is -0.324. The van der Waals surface area contributed by atoms with Gasteiger partial charge in [-0.3, -0.25) is 14.6 Å². The quantitative estimate of drug-likeness (QED) is 0.247. The van der Waals surface area contributed by atoms with Crippen LogP contribution in [0.1, 0.15) is 20.7 Å². The molecule has 0 spiro atoms. The van der Waals surface area contributed by atoms with Gasteiger partial charge in [0.05, 0.1) is 22.6 Å². The molecule has 4 aromatic rings. The number of nitrogens with two attached hydrogens (primary N) is 1. The number of benzene rings is 2. The van der Waals surface area contributed by atoms with Gasteiger partial charge in [0.2, 0.25) is 0 Å². The van der Waals surface area contributed by atoms with Crippen LogP contribution in [0.2, 0.25) is 5.02 Å². The molecule has 0 bridgehead atoms. The predicted octanol–water partition coefficient (Wildman–Crippen LogP) is 4.59. The molecule has 0 atom stereocenters.